The predicted octanol–water partition coefficient (Wildman–Crippen LogP) is 5.52. The molecule has 1 aliphatic heterocycles. The molecule has 10 atom stereocenters. The lowest BCUT2D eigenvalue weighted by atomic mass is 9.46. The lowest BCUT2D eigenvalue weighted by molar-refractivity contribution is -0.117. The highest BCUT2D eigenvalue weighted by molar-refractivity contribution is 5.91. The average molecular weight is 414 g/mol. The highest BCUT2D eigenvalue weighted by atomic mass is 16.5. The summed E-state index contributed by atoms with van der Waals surface area (Å²) in [5, 5.41) is 0. The van der Waals surface area contributed by atoms with Gasteiger partial charge in [0.25, 0.3) is 0 Å². The van der Waals surface area contributed by atoms with E-state index in [-0.39, 0.29) is 5.41 Å². The van der Waals surface area contributed by atoms with Gasteiger partial charge in [0.15, 0.2) is 5.78 Å². The van der Waals surface area contributed by atoms with Crippen molar-refractivity contribution in [2.24, 2.45) is 52.1 Å². The maximum Gasteiger partial charge on any atom is 0.155 e. The molecule has 3 heteroatoms. The minimum absolute atomic E-state index is 0.281. The fourth-order valence-electron chi connectivity index (χ4n) is 9.14. The molecule has 0 spiro atoms. The summed E-state index contributed by atoms with van der Waals surface area (Å²) in [6.45, 7) is 10.7. The number of nitrogens with two attached hydrogens (primary N) is 1. The van der Waals surface area contributed by atoms with E-state index in [9.17, 15) is 4.79 Å². The Balaban J connectivity index is 1.35. The zero-order valence-corrected chi connectivity index (χ0v) is 19.7. The third kappa shape index (κ3) is 3.01. The van der Waals surface area contributed by atoms with Gasteiger partial charge in [-0.3, -0.25) is 4.79 Å². The molecule has 3 nitrogen and oxygen atoms in total. The molecule has 0 aromatic rings. The van der Waals surface area contributed by atoms with Crippen molar-refractivity contribution in [3.8, 4) is 0 Å². The summed E-state index contributed by atoms with van der Waals surface area (Å²) in [6.07, 6.45) is 13.6. The zero-order valence-electron chi connectivity index (χ0n) is 19.7. The first-order valence-corrected chi connectivity index (χ1v) is 12.9. The Kier molecular flexibility index (Phi) is 5.26. The largest absolute Gasteiger partial charge is 0.374 e. The van der Waals surface area contributed by atoms with Crippen LogP contribution >= 0.6 is 0 Å². The second kappa shape index (κ2) is 7.44. The third-order valence-electron chi connectivity index (χ3n) is 10.9. The molecular formula is C27H43NO2. The predicted molar refractivity (Wildman–Crippen MR) is 121 cm³/mol. The van der Waals surface area contributed by atoms with Crippen LogP contribution in [-0.4, -0.2) is 24.5 Å². The van der Waals surface area contributed by atoms with Gasteiger partial charge in [-0.15, -0.1) is 0 Å². The van der Waals surface area contributed by atoms with Gasteiger partial charge in [0.05, 0.1) is 12.2 Å². The average Bonchev–Trinajstić information content (AvgIpc) is 3.20. The number of carbonyl (C=O) groups is 1. The highest BCUT2D eigenvalue weighted by Crippen LogP contribution is 2.69. The van der Waals surface area contributed by atoms with Crippen molar-refractivity contribution >= 4 is 5.78 Å². The molecule has 0 aromatic carbocycles. The normalized spacial score (nSPS) is 50.9. The Morgan fingerprint density at radius 3 is 2.77 bits per heavy atom. The molecule has 0 aromatic heterocycles. The van der Waals surface area contributed by atoms with Gasteiger partial charge in [0.2, 0.25) is 0 Å². The fraction of sp³-hybridized carbons (Fsp3) is 0.889. The Labute approximate surface area is 183 Å². The molecule has 30 heavy (non-hydrogen) atoms. The molecule has 5 rings (SSSR count). The van der Waals surface area contributed by atoms with Crippen molar-refractivity contribution in [1.82, 2.24) is 0 Å². The Morgan fingerprint density at radius 2 is 2.00 bits per heavy atom. The van der Waals surface area contributed by atoms with E-state index in [2.05, 4.69) is 27.7 Å². The van der Waals surface area contributed by atoms with Crippen molar-refractivity contribution in [2.75, 3.05) is 6.54 Å². The van der Waals surface area contributed by atoms with E-state index >= 15 is 0 Å². The van der Waals surface area contributed by atoms with Crippen LogP contribution in [0.3, 0.4) is 0 Å². The molecule has 3 saturated carbocycles. The molecule has 0 amide bonds. The monoisotopic (exact) mass is 413 g/mol. The van der Waals surface area contributed by atoms with E-state index in [4.69, 9.17) is 10.5 Å². The van der Waals surface area contributed by atoms with Crippen molar-refractivity contribution in [1.29, 1.82) is 0 Å². The molecule has 168 valence electrons. The standard InChI is InChI=1S/C27H43NO2/c1-16(15-28)5-8-23-17(2)25-24(30-23)14-22-20-7-6-18-13-19(29)9-11-26(18,3)21(20)10-12-27(22,25)4/h13,16-17,20-25H,5-12,14-15,28H2,1-4H3/t16?,17-,20-,21+,22+,23?,24+,25+,26+,27+/m1/s1. The number of allylic oxidation sites excluding steroid dienone is 1. The highest BCUT2D eigenvalue weighted by Gasteiger charge is 2.65. The quantitative estimate of drug-likeness (QED) is 0.660. The van der Waals surface area contributed by atoms with Gasteiger partial charge >= 0.3 is 0 Å². The number of fused-ring (bicyclic) bond motifs is 7. The van der Waals surface area contributed by atoms with Crippen LogP contribution < -0.4 is 5.73 Å². The zero-order chi connectivity index (χ0) is 21.3. The van der Waals surface area contributed by atoms with Crippen molar-refractivity contribution in [3.63, 3.8) is 0 Å². The summed E-state index contributed by atoms with van der Waals surface area (Å²) >= 11 is 0. The van der Waals surface area contributed by atoms with Crippen LogP contribution in [0.2, 0.25) is 0 Å². The van der Waals surface area contributed by atoms with Crippen molar-refractivity contribution in [3.05, 3.63) is 11.6 Å². The number of rotatable bonds is 4. The van der Waals surface area contributed by atoms with E-state index < -0.39 is 0 Å². The number of hydrogen-bond donors (Lipinski definition) is 1. The molecule has 0 bridgehead atoms. The summed E-state index contributed by atoms with van der Waals surface area (Å²) in [5.74, 6) is 4.80. The Morgan fingerprint density at radius 1 is 1.20 bits per heavy atom. The summed E-state index contributed by atoms with van der Waals surface area (Å²) in [6, 6.07) is 0. The first kappa shape index (κ1) is 21.2. The molecule has 2 unspecified atom stereocenters. The van der Waals surface area contributed by atoms with Crippen LogP contribution in [0.15, 0.2) is 11.6 Å². The Hall–Kier alpha value is -0.670. The molecule has 1 heterocycles. The number of carbonyl (C=O) groups excluding carboxylic acids is 1. The van der Waals surface area contributed by atoms with Crippen LogP contribution in [0, 0.1) is 46.3 Å². The van der Waals surface area contributed by atoms with E-state index in [1.165, 1.54) is 44.1 Å². The molecule has 0 radical (unpaired) electrons. The maximum atomic E-state index is 12.1. The van der Waals surface area contributed by atoms with Gasteiger partial charge in [-0.2, -0.15) is 0 Å². The molecular weight excluding hydrogens is 370 g/mol. The van der Waals surface area contributed by atoms with Crippen LogP contribution in [0.25, 0.3) is 0 Å². The van der Waals surface area contributed by atoms with Crippen LogP contribution in [-0.2, 0) is 9.53 Å². The first-order valence-electron chi connectivity index (χ1n) is 12.9. The van der Waals surface area contributed by atoms with Gasteiger partial charge in [-0.1, -0.05) is 33.3 Å². The minimum atomic E-state index is 0.281. The van der Waals surface area contributed by atoms with Crippen LogP contribution in [0.4, 0.5) is 0 Å². The lowest BCUT2D eigenvalue weighted by Gasteiger charge is -2.58. The minimum Gasteiger partial charge on any atom is -0.374 e. The fourth-order valence-corrected chi connectivity index (χ4v) is 9.14. The van der Waals surface area contributed by atoms with Crippen molar-refractivity contribution < 1.29 is 9.53 Å². The van der Waals surface area contributed by atoms with Crippen LogP contribution in [0.5, 0.6) is 0 Å². The molecule has 4 aliphatic carbocycles. The Bertz CT molecular complexity index is 730. The van der Waals surface area contributed by atoms with E-state index in [0.29, 0.717) is 35.2 Å². The number of ketones is 1. The van der Waals surface area contributed by atoms with E-state index in [1.807, 2.05) is 6.08 Å². The second-order valence-electron chi connectivity index (χ2n) is 12.3. The van der Waals surface area contributed by atoms with Gasteiger partial charge in [-0.05, 0) is 110 Å². The van der Waals surface area contributed by atoms with E-state index in [0.717, 1.165) is 49.5 Å². The molecule has 1 saturated heterocycles. The van der Waals surface area contributed by atoms with Gasteiger partial charge in [-0.25, -0.2) is 0 Å². The van der Waals surface area contributed by atoms with Gasteiger partial charge in [0.1, 0.15) is 0 Å². The van der Waals surface area contributed by atoms with E-state index in [1.54, 1.807) is 0 Å². The topological polar surface area (TPSA) is 52.3 Å². The smallest absolute Gasteiger partial charge is 0.155 e. The number of ether oxygens (including phenoxy) is 1. The molecule has 5 aliphatic rings. The number of hydrogen-bond acceptors (Lipinski definition) is 3. The second-order valence-corrected chi connectivity index (χ2v) is 12.3. The lowest BCUT2D eigenvalue weighted by Crippen LogP contribution is -2.51. The first-order chi connectivity index (χ1) is 14.3. The summed E-state index contributed by atoms with van der Waals surface area (Å²) in [4.78, 5) is 12.1. The third-order valence-corrected chi connectivity index (χ3v) is 10.9. The summed E-state index contributed by atoms with van der Waals surface area (Å²) in [7, 11) is 0. The summed E-state index contributed by atoms with van der Waals surface area (Å²) in [5.41, 5.74) is 8.07. The maximum absolute atomic E-state index is 12.1. The molecule has 2 N–H and O–H groups in total. The van der Waals surface area contributed by atoms with Crippen LogP contribution in [0.1, 0.15) is 85.5 Å². The molecule has 4 fully saturated rings. The van der Waals surface area contributed by atoms with Crippen molar-refractivity contribution in [2.45, 2.75) is 97.7 Å². The summed E-state index contributed by atoms with van der Waals surface area (Å²) < 4.78 is 6.78. The van der Waals surface area contributed by atoms with Gasteiger partial charge in [0, 0.05) is 6.42 Å². The van der Waals surface area contributed by atoms with Gasteiger partial charge < -0.3 is 10.5 Å². The SMILES string of the molecule is CC(CN)CCC1O[C@H]2C[C@H]3[C@@H]4CCC5=CC(=O)CC[C@]5(C)[C@H]4CC[C@]3(C)[C@H]2[C@@H]1C.